The minimum atomic E-state index is -1.44. The Balaban J connectivity index is 1.48. The van der Waals surface area contributed by atoms with E-state index in [0.717, 1.165) is 0 Å². The van der Waals surface area contributed by atoms with Crippen LogP contribution >= 0.6 is 23.2 Å². The number of hydrogen-bond donors (Lipinski definition) is 2. The highest BCUT2D eigenvalue weighted by atomic mass is 35.5. The molecule has 2 N–H and O–H groups in total. The number of carbonyl (C=O) groups is 4. The molecule has 0 bridgehead atoms. The van der Waals surface area contributed by atoms with E-state index in [2.05, 4.69) is 31.1 Å². The number of Topliss-reactive ketones (excluding diaryl/α,β-unsaturated/α-hetero) is 2. The Morgan fingerprint density at radius 3 is 1.25 bits per heavy atom. The van der Waals surface area contributed by atoms with Crippen LogP contribution in [-0.4, -0.2) is 63.9 Å². The quantitative estimate of drug-likeness (QED) is 0.0905. The van der Waals surface area contributed by atoms with E-state index in [1.54, 1.807) is 60.7 Å². The lowest BCUT2D eigenvalue weighted by atomic mass is 10.0. The number of ketones is 2. The van der Waals surface area contributed by atoms with Gasteiger partial charge in [0.1, 0.15) is 23.0 Å². The fourth-order valence-electron chi connectivity index (χ4n) is 4.66. The van der Waals surface area contributed by atoms with Gasteiger partial charge >= 0.3 is 0 Å². The Bertz CT molecular complexity index is 1910. The average molecular weight is 750 g/mol. The van der Waals surface area contributed by atoms with E-state index in [9.17, 15) is 19.2 Å². The van der Waals surface area contributed by atoms with Gasteiger partial charge in [-0.25, -0.2) is 0 Å². The third kappa shape index (κ3) is 9.68. The fraction of sp³-hybridized carbons (Fsp3) is 0.222. The number of nitrogens with one attached hydrogen (secondary N) is 2. The van der Waals surface area contributed by atoms with Gasteiger partial charge in [-0.05, 0) is 62.4 Å². The molecule has 0 aliphatic rings. The summed E-state index contributed by atoms with van der Waals surface area (Å²) in [5.74, 6) is -0.778. The first-order valence-electron chi connectivity index (χ1n) is 15.4. The largest absolute Gasteiger partial charge is 0.497 e. The van der Waals surface area contributed by atoms with Gasteiger partial charge in [0, 0.05) is 23.3 Å². The highest BCUT2D eigenvalue weighted by Gasteiger charge is 2.26. The Hall–Kier alpha value is -5.86. The molecule has 16 heteroatoms. The number of nitrogens with zero attached hydrogens (tertiary/aromatic N) is 4. The highest BCUT2D eigenvalue weighted by Crippen LogP contribution is 2.38. The Labute approximate surface area is 309 Å². The van der Waals surface area contributed by atoms with Gasteiger partial charge in [-0.3, -0.25) is 19.2 Å². The second-order valence-corrected chi connectivity index (χ2v) is 11.7. The number of benzene rings is 4. The van der Waals surface area contributed by atoms with Crippen LogP contribution in [0.3, 0.4) is 0 Å². The molecule has 0 aliphatic carbocycles. The van der Waals surface area contributed by atoms with Crippen molar-refractivity contribution >= 4 is 69.3 Å². The molecule has 0 aliphatic heterocycles. The molecular weight excluding hydrogens is 715 g/mol. The number of carbonyl (C=O) groups excluding carboxylic acids is 4. The predicted molar refractivity (Wildman–Crippen MR) is 196 cm³/mol. The van der Waals surface area contributed by atoms with Gasteiger partial charge in [-0.2, -0.15) is 20.5 Å². The van der Waals surface area contributed by atoms with Gasteiger partial charge in [-0.1, -0.05) is 35.3 Å². The molecule has 4 rings (SSSR count). The van der Waals surface area contributed by atoms with Crippen molar-refractivity contribution in [1.29, 1.82) is 0 Å². The summed E-state index contributed by atoms with van der Waals surface area (Å²) in [6.07, 6.45) is 0. The summed E-state index contributed by atoms with van der Waals surface area (Å²) in [6, 6.07) is 16.2. The zero-order valence-corrected chi connectivity index (χ0v) is 30.4. The molecule has 2 amide bonds. The minimum absolute atomic E-state index is 0.252. The van der Waals surface area contributed by atoms with Crippen LogP contribution in [0.15, 0.2) is 93.3 Å². The smallest absolute Gasteiger partial charge is 0.258 e. The van der Waals surface area contributed by atoms with E-state index >= 15 is 0 Å². The van der Waals surface area contributed by atoms with Crippen molar-refractivity contribution in [2.45, 2.75) is 25.9 Å². The van der Waals surface area contributed by atoms with E-state index in [4.69, 9.17) is 42.1 Å². The summed E-state index contributed by atoms with van der Waals surface area (Å²) in [7, 11) is 5.87. The van der Waals surface area contributed by atoms with Gasteiger partial charge in [0.05, 0.1) is 61.2 Å². The second kappa shape index (κ2) is 17.9. The van der Waals surface area contributed by atoms with Crippen LogP contribution in [0, 0.1) is 0 Å². The number of hydrogen-bond acceptors (Lipinski definition) is 12. The third-order valence-electron chi connectivity index (χ3n) is 7.37. The normalized spacial score (nSPS) is 12.2. The molecule has 0 fully saturated rings. The summed E-state index contributed by atoms with van der Waals surface area (Å²) in [5.41, 5.74) is 2.27. The topological polar surface area (TPSA) is 179 Å². The summed E-state index contributed by atoms with van der Waals surface area (Å²) in [4.78, 5) is 50.6. The molecule has 0 aromatic heterocycles. The van der Waals surface area contributed by atoms with Crippen LogP contribution in [0.2, 0.25) is 10.0 Å². The lowest BCUT2D eigenvalue weighted by molar-refractivity contribution is -0.127. The lowest BCUT2D eigenvalue weighted by Crippen LogP contribution is -2.32. The van der Waals surface area contributed by atoms with Gasteiger partial charge in [0.2, 0.25) is 12.1 Å². The first kappa shape index (κ1) is 38.9. The van der Waals surface area contributed by atoms with Crippen molar-refractivity contribution in [3.63, 3.8) is 0 Å². The molecule has 0 saturated heterocycles. The van der Waals surface area contributed by atoms with E-state index in [1.165, 1.54) is 54.4 Å². The number of amides is 2. The number of azo groups is 2. The molecule has 4 aromatic carbocycles. The van der Waals surface area contributed by atoms with E-state index in [0.29, 0.717) is 45.5 Å². The summed E-state index contributed by atoms with van der Waals surface area (Å²) >= 11 is 13.2. The number of rotatable bonds is 15. The monoisotopic (exact) mass is 748 g/mol. The highest BCUT2D eigenvalue weighted by molar-refractivity contribution is 6.36. The van der Waals surface area contributed by atoms with Crippen molar-refractivity contribution in [2.75, 3.05) is 39.1 Å². The maximum atomic E-state index is 13.0. The Morgan fingerprint density at radius 2 is 0.942 bits per heavy atom. The van der Waals surface area contributed by atoms with Crippen molar-refractivity contribution < 1.29 is 38.1 Å². The number of anilines is 2. The molecule has 2 atom stereocenters. The van der Waals surface area contributed by atoms with Crippen LogP contribution in [0.4, 0.5) is 22.7 Å². The Morgan fingerprint density at radius 1 is 0.558 bits per heavy atom. The van der Waals surface area contributed by atoms with Gasteiger partial charge in [0.15, 0.2) is 11.6 Å². The minimum Gasteiger partial charge on any atom is -0.497 e. The van der Waals surface area contributed by atoms with Crippen LogP contribution < -0.4 is 29.6 Å². The first-order chi connectivity index (χ1) is 24.9. The van der Waals surface area contributed by atoms with Gasteiger partial charge in [0.25, 0.3) is 11.8 Å². The van der Waals surface area contributed by atoms with E-state index in [-0.39, 0.29) is 21.4 Å². The number of ether oxygens (including phenoxy) is 4. The SMILES string of the molecule is COc1ccc(NC(=O)C(N=Nc2ccc(-c3ccc(N=NC(C(C)=O)C(=O)Nc4ccc(OC)cc4OC)cc3Cl)c(Cl)c2)C(C)=O)c(OC)c1. The van der Waals surface area contributed by atoms with Crippen LogP contribution in [-0.2, 0) is 19.2 Å². The fourth-order valence-corrected chi connectivity index (χ4v) is 5.21. The van der Waals surface area contributed by atoms with Gasteiger partial charge in [-0.15, -0.1) is 0 Å². The molecule has 0 saturated carbocycles. The maximum absolute atomic E-state index is 13.0. The molecule has 4 aromatic rings. The van der Waals surface area contributed by atoms with Crippen molar-refractivity contribution in [2.24, 2.45) is 20.5 Å². The molecule has 0 heterocycles. The molecule has 14 nitrogen and oxygen atoms in total. The van der Waals surface area contributed by atoms with Crippen molar-refractivity contribution in [1.82, 2.24) is 0 Å². The first-order valence-corrected chi connectivity index (χ1v) is 16.1. The number of halogens is 2. The third-order valence-corrected chi connectivity index (χ3v) is 8.00. The molecular formula is C36H34Cl2N6O8. The summed E-state index contributed by atoms with van der Waals surface area (Å²) < 4.78 is 20.9. The second-order valence-electron chi connectivity index (χ2n) is 10.9. The van der Waals surface area contributed by atoms with Gasteiger partial charge < -0.3 is 29.6 Å². The number of methoxy groups -OCH3 is 4. The molecule has 52 heavy (non-hydrogen) atoms. The summed E-state index contributed by atoms with van der Waals surface area (Å²) in [6.45, 7) is 2.45. The van der Waals surface area contributed by atoms with E-state index in [1.807, 2.05) is 0 Å². The molecule has 2 unspecified atom stereocenters. The lowest BCUT2D eigenvalue weighted by Gasteiger charge is -2.13. The van der Waals surface area contributed by atoms with Crippen LogP contribution in [0.5, 0.6) is 23.0 Å². The Kier molecular flexibility index (Phi) is 13.4. The summed E-state index contributed by atoms with van der Waals surface area (Å²) in [5, 5.41) is 21.9. The maximum Gasteiger partial charge on any atom is 0.258 e. The molecule has 0 spiro atoms. The zero-order valence-electron chi connectivity index (χ0n) is 28.9. The predicted octanol–water partition coefficient (Wildman–Crippen LogP) is 8.05. The zero-order chi connectivity index (χ0) is 37.9. The standard InChI is InChI=1S/C36H34Cl2N6O8/c1-19(45)33(35(47)39-29-13-9-23(49-3)17-31(29)51-5)43-41-21-7-11-25(27(37)15-21)26-12-8-22(16-28(26)38)42-44-34(20(2)46)36(48)40-30-14-10-24(50-4)18-32(30)52-6/h7-18,33-34H,1-6H3,(H,39,47)(H,40,48). The van der Waals surface area contributed by atoms with Crippen molar-refractivity contribution in [3.05, 3.63) is 82.8 Å². The van der Waals surface area contributed by atoms with E-state index < -0.39 is 35.5 Å². The molecule has 270 valence electrons. The van der Waals surface area contributed by atoms with Crippen LogP contribution in [0.1, 0.15) is 13.8 Å². The van der Waals surface area contributed by atoms with Crippen LogP contribution in [0.25, 0.3) is 11.1 Å². The van der Waals surface area contributed by atoms with Crippen molar-refractivity contribution in [3.8, 4) is 34.1 Å². The molecule has 0 radical (unpaired) electrons. The average Bonchev–Trinajstić information content (AvgIpc) is 3.12.